The number of nitrogens with two attached hydrogens (primary N) is 1. The fourth-order valence-electron chi connectivity index (χ4n) is 2.54. The summed E-state index contributed by atoms with van der Waals surface area (Å²) in [5.41, 5.74) is 10.7. The maximum atomic E-state index is 11.4. The van der Waals surface area contributed by atoms with Gasteiger partial charge in [0.05, 0.1) is 5.69 Å². The molecule has 0 unspecified atom stereocenters. The Morgan fingerprint density at radius 2 is 1.90 bits per heavy atom. The Hall–Kier alpha value is -2.49. The Labute approximate surface area is 123 Å². The highest BCUT2D eigenvalue weighted by Crippen LogP contribution is 2.36. The minimum absolute atomic E-state index is 0.0324. The minimum Gasteiger partial charge on any atom is -0.455 e. The van der Waals surface area contributed by atoms with Crippen LogP contribution in [0.1, 0.15) is 23.1 Å². The number of nitrogen functional groups attached to an aromatic ring is 1. The zero-order valence-electron chi connectivity index (χ0n) is 12.2. The third-order valence-electron chi connectivity index (χ3n) is 3.68. The number of amides is 1. The SMILES string of the molecule is Cc1ccc(Oc2cc3c(cc2N)NC(=O)CC3)c(C)c1. The van der Waals surface area contributed by atoms with Crippen LogP contribution >= 0.6 is 0 Å². The highest BCUT2D eigenvalue weighted by Gasteiger charge is 2.17. The third kappa shape index (κ3) is 2.70. The van der Waals surface area contributed by atoms with Crippen molar-refractivity contribution in [3.05, 3.63) is 47.0 Å². The van der Waals surface area contributed by atoms with Crippen LogP contribution in [0.4, 0.5) is 11.4 Å². The van der Waals surface area contributed by atoms with Gasteiger partial charge in [0.1, 0.15) is 5.75 Å². The number of fused-ring (bicyclic) bond motifs is 1. The third-order valence-corrected chi connectivity index (χ3v) is 3.68. The monoisotopic (exact) mass is 282 g/mol. The van der Waals surface area contributed by atoms with Crippen LogP contribution < -0.4 is 15.8 Å². The second kappa shape index (κ2) is 5.13. The molecule has 0 saturated heterocycles. The van der Waals surface area contributed by atoms with E-state index in [0.29, 0.717) is 24.3 Å². The quantitative estimate of drug-likeness (QED) is 0.828. The van der Waals surface area contributed by atoms with E-state index in [-0.39, 0.29) is 5.91 Å². The summed E-state index contributed by atoms with van der Waals surface area (Å²) >= 11 is 0. The average molecular weight is 282 g/mol. The molecule has 3 N–H and O–H groups in total. The highest BCUT2D eigenvalue weighted by atomic mass is 16.5. The van der Waals surface area contributed by atoms with Crippen molar-refractivity contribution in [3.8, 4) is 11.5 Å². The van der Waals surface area contributed by atoms with Gasteiger partial charge in [0.15, 0.2) is 5.75 Å². The summed E-state index contributed by atoms with van der Waals surface area (Å²) in [6, 6.07) is 9.72. The fourth-order valence-corrected chi connectivity index (χ4v) is 2.54. The molecule has 0 atom stereocenters. The Balaban J connectivity index is 1.94. The predicted molar refractivity (Wildman–Crippen MR) is 83.8 cm³/mol. The molecular weight excluding hydrogens is 264 g/mol. The van der Waals surface area contributed by atoms with Crippen molar-refractivity contribution in [3.63, 3.8) is 0 Å². The summed E-state index contributed by atoms with van der Waals surface area (Å²) in [6.07, 6.45) is 1.21. The number of carbonyl (C=O) groups excluding carboxylic acids is 1. The van der Waals surface area contributed by atoms with Gasteiger partial charge in [-0.25, -0.2) is 0 Å². The maximum Gasteiger partial charge on any atom is 0.224 e. The summed E-state index contributed by atoms with van der Waals surface area (Å²) in [4.78, 5) is 11.4. The molecule has 2 aromatic carbocycles. The lowest BCUT2D eigenvalue weighted by Gasteiger charge is -2.19. The molecule has 1 aliphatic heterocycles. The molecule has 1 amide bonds. The Kier molecular flexibility index (Phi) is 3.29. The van der Waals surface area contributed by atoms with Gasteiger partial charge in [-0.15, -0.1) is 0 Å². The zero-order valence-corrected chi connectivity index (χ0v) is 12.2. The number of anilines is 2. The van der Waals surface area contributed by atoms with Crippen molar-refractivity contribution in [2.75, 3.05) is 11.1 Å². The van der Waals surface area contributed by atoms with Crippen LogP contribution in [0.5, 0.6) is 11.5 Å². The largest absolute Gasteiger partial charge is 0.455 e. The zero-order chi connectivity index (χ0) is 15.0. The van der Waals surface area contributed by atoms with Gasteiger partial charge in [-0.2, -0.15) is 0 Å². The lowest BCUT2D eigenvalue weighted by Crippen LogP contribution is -2.19. The van der Waals surface area contributed by atoms with Gasteiger partial charge in [0.2, 0.25) is 5.91 Å². The number of carbonyl (C=O) groups is 1. The minimum atomic E-state index is 0.0324. The molecule has 0 aliphatic carbocycles. The second-order valence-corrected chi connectivity index (χ2v) is 5.47. The van der Waals surface area contributed by atoms with Gasteiger partial charge in [0.25, 0.3) is 0 Å². The summed E-state index contributed by atoms with van der Waals surface area (Å²) < 4.78 is 5.95. The van der Waals surface area contributed by atoms with Crippen LogP contribution in [-0.2, 0) is 11.2 Å². The summed E-state index contributed by atoms with van der Waals surface area (Å²) in [5, 5.41) is 2.84. The van der Waals surface area contributed by atoms with Crippen LogP contribution in [0.3, 0.4) is 0 Å². The number of hydrogen-bond acceptors (Lipinski definition) is 3. The molecule has 4 heteroatoms. The van der Waals surface area contributed by atoms with E-state index < -0.39 is 0 Å². The lowest BCUT2D eigenvalue weighted by molar-refractivity contribution is -0.116. The van der Waals surface area contributed by atoms with Crippen molar-refractivity contribution in [2.24, 2.45) is 0 Å². The molecule has 21 heavy (non-hydrogen) atoms. The molecular formula is C17H18N2O2. The highest BCUT2D eigenvalue weighted by molar-refractivity contribution is 5.94. The number of hydrogen-bond donors (Lipinski definition) is 2. The van der Waals surface area contributed by atoms with Crippen LogP contribution in [0.2, 0.25) is 0 Å². The van der Waals surface area contributed by atoms with E-state index in [1.54, 1.807) is 6.07 Å². The van der Waals surface area contributed by atoms with Gasteiger partial charge < -0.3 is 15.8 Å². The first-order chi connectivity index (χ1) is 10.0. The average Bonchev–Trinajstić information content (AvgIpc) is 2.42. The smallest absolute Gasteiger partial charge is 0.224 e. The Morgan fingerprint density at radius 1 is 1.10 bits per heavy atom. The van der Waals surface area contributed by atoms with Gasteiger partial charge in [0, 0.05) is 12.1 Å². The van der Waals surface area contributed by atoms with E-state index in [0.717, 1.165) is 22.6 Å². The number of nitrogens with one attached hydrogen (secondary N) is 1. The van der Waals surface area contributed by atoms with Crippen molar-refractivity contribution in [1.82, 2.24) is 0 Å². The predicted octanol–water partition coefficient (Wildman–Crippen LogP) is 3.56. The fraction of sp³-hybridized carbons (Fsp3) is 0.235. The summed E-state index contributed by atoms with van der Waals surface area (Å²) in [6.45, 7) is 4.06. The molecule has 0 spiro atoms. The molecule has 1 heterocycles. The van der Waals surface area contributed by atoms with Crippen LogP contribution in [0.15, 0.2) is 30.3 Å². The van der Waals surface area contributed by atoms with Gasteiger partial charge in [-0.05, 0) is 49.6 Å². The first kappa shape index (κ1) is 13.5. The molecule has 0 radical (unpaired) electrons. The molecule has 0 fully saturated rings. The summed E-state index contributed by atoms with van der Waals surface area (Å²) in [7, 11) is 0. The molecule has 3 rings (SSSR count). The molecule has 4 nitrogen and oxygen atoms in total. The van der Waals surface area contributed by atoms with Crippen molar-refractivity contribution in [1.29, 1.82) is 0 Å². The van der Waals surface area contributed by atoms with E-state index in [4.69, 9.17) is 10.5 Å². The number of rotatable bonds is 2. The van der Waals surface area contributed by atoms with E-state index in [2.05, 4.69) is 11.4 Å². The van der Waals surface area contributed by atoms with E-state index in [1.165, 1.54) is 5.56 Å². The standard InChI is InChI=1S/C17H18N2O2/c1-10-3-5-15(11(2)7-10)21-16-8-12-4-6-17(20)19-14(12)9-13(16)18/h3,5,7-9H,4,6,18H2,1-2H3,(H,19,20). The van der Waals surface area contributed by atoms with Crippen LogP contribution in [0.25, 0.3) is 0 Å². The maximum absolute atomic E-state index is 11.4. The number of benzene rings is 2. The van der Waals surface area contributed by atoms with Crippen LogP contribution in [-0.4, -0.2) is 5.91 Å². The van der Waals surface area contributed by atoms with Crippen molar-refractivity contribution < 1.29 is 9.53 Å². The number of aryl methyl sites for hydroxylation is 3. The van der Waals surface area contributed by atoms with Gasteiger partial charge in [-0.3, -0.25) is 4.79 Å². The van der Waals surface area contributed by atoms with Crippen molar-refractivity contribution in [2.45, 2.75) is 26.7 Å². The van der Waals surface area contributed by atoms with E-state index >= 15 is 0 Å². The normalized spacial score (nSPS) is 13.5. The van der Waals surface area contributed by atoms with Crippen molar-refractivity contribution >= 4 is 17.3 Å². The summed E-state index contributed by atoms with van der Waals surface area (Å²) in [5.74, 6) is 1.47. The van der Waals surface area contributed by atoms with Crippen LogP contribution in [0, 0.1) is 13.8 Å². The Morgan fingerprint density at radius 3 is 2.67 bits per heavy atom. The topological polar surface area (TPSA) is 64.3 Å². The van der Waals surface area contributed by atoms with E-state index in [1.807, 2.05) is 32.0 Å². The lowest BCUT2D eigenvalue weighted by atomic mass is 10.0. The van der Waals surface area contributed by atoms with Gasteiger partial charge in [-0.1, -0.05) is 17.7 Å². The molecule has 2 aromatic rings. The number of ether oxygens (including phenoxy) is 1. The molecule has 108 valence electrons. The second-order valence-electron chi connectivity index (χ2n) is 5.47. The van der Waals surface area contributed by atoms with E-state index in [9.17, 15) is 4.79 Å². The first-order valence-corrected chi connectivity index (χ1v) is 7.00. The molecule has 0 aromatic heterocycles. The first-order valence-electron chi connectivity index (χ1n) is 7.00. The molecule has 0 bridgehead atoms. The molecule has 0 saturated carbocycles. The molecule has 1 aliphatic rings. The van der Waals surface area contributed by atoms with Gasteiger partial charge >= 0.3 is 0 Å². The Bertz CT molecular complexity index is 723.